The highest BCUT2D eigenvalue weighted by molar-refractivity contribution is 7.86. The Hall–Kier alpha value is -2.55. The van der Waals surface area contributed by atoms with E-state index in [1.165, 1.54) is 18.3 Å². The summed E-state index contributed by atoms with van der Waals surface area (Å²) in [7, 11) is -4.94. The number of halogens is 1. The molecule has 0 spiro atoms. The molecule has 1 aromatic carbocycles. The zero-order valence-electron chi connectivity index (χ0n) is 11.7. The summed E-state index contributed by atoms with van der Waals surface area (Å²) < 4.78 is 36.2. The van der Waals surface area contributed by atoms with Gasteiger partial charge >= 0.3 is 10.2 Å². The summed E-state index contributed by atoms with van der Waals surface area (Å²) >= 11 is 0. The van der Waals surface area contributed by atoms with Crippen LogP contribution in [-0.2, 0) is 19.8 Å². The average Bonchev–Trinajstić information content (AvgIpc) is 2.47. The second kappa shape index (κ2) is 5.27. The summed E-state index contributed by atoms with van der Waals surface area (Å²) in [5, 5.41) is 2.55. The molecule has 1 aliphatic rings. The fraction of sp³-hybridized carbons (Fsp3) is 0.214. The molecular weight excluding hydrogens is 327 g/mol. The van der Waals surface area contributed by atoms with Gasteiger partial charge in [0.05, 0.1) is 4.90 Å². The quantitative estimate of drug-likeness (QED) is 0.639. The van der Waals surface area contributed by atoms with E-state index in [2.05, 4.69) is 5.32 Å². The number of pyridine rings is 1. The van der Waals surface area contributed by atoms with E-state index in [0.29, 0.717) is 5.39 Å². The third-order valence-electron chi connectivity index (χ3n) is 3.73. The van der Waals surface area contributed by atoms with Gasteiger partial charge in [-0.1, -0.05) is 6.07 Å². The minimum Gasteiger partial charge on any atom is -0.302 e. The third-order valence-corrected chi connectivity index (χ3v) is 4.55. The van der Waals surface area contributed by atoms with Gasteiger partial charge in [0.15, 0.2) is 0 Å². The molecule has 0 aliphatic carbocycles. The maximum Gasteiger partial charge on any atom is 0.332 e. The number of amides is 2. The second-order valence-electron chi connectivity index (χ2n) is 5.18. The van der Waals surface area contributed by atoms with Crippen LogP contribution in [-0.4, -0.2) is 24.8 Å². The largest absolute Gasteiger partial charge is 0.332 e. The van der Waals surface area contributed by atoms with Crippen molar-refractivity contribution in [2.75, 3.05) is 0 Å². The number of rotatable bonds is 2. The first-order valence-electron chi connectivity index (χ1n) is 6.70. The lowest BCUT2D eigenvalue weighted by molar-refractivity contribution is -0.135. The summed E-state index contributed by atoms with van der Waals surface area (Å²) in [6.45, 7) is 0. The number of nitrogens with zero attached hydrogens (tertiary/aromatic N) is 1. The number of aromatic nitrogens is 1. The summed E-state index contributed by atoms with van der Waals surface area (Å²) in [6, 6.07) is 3.98. The highest BCUT2D eigenvalue weighted by Crippen LogP contribution is 2.21. The molecule has 3 rings (SSSR count). The zero-order chi connectivity index (χ0) is 16.8. The molecule has 2 heterocycles. The van der Waals surface area contributed by atoms with E-state index in [9.17, 15) is 26.7 Å². The first kappa shape index (κ1) is 15.3. The number of hydrogen-bond donors (Lipinski definition) is 1. The van der Waals surface area contributed by atoms with Crippen molar-refractivity contribution in [3.63, 3.8) is 0 Å². The lowest BCUT2D eigenvalue weighted by Gasteiger charge is -2.23. The first-order valence-corrected chi connectivity index (χ1v) is 8.09. The van der Waals surface area contributed by atoms with Crippen molar-refractivity contribution in [1.29, 1.82) is 0 Å². The fourth-order valence-electron chi connectivity index (χ4n) is 2.58. The van der Waals surface area contributed by atoms with E-state index < -0.39 is 38.5 Å². The number of benzene rings is 1. The number of carbonyl (C=O) groups excluding carboxylic acids is 2. The summed E-state index contributed by atoms with van der Waals surface area (Å²) in [6.07, 6.45) is 1.66. The van der Waals surface area contributed by atoms with E-state index in [1.54, 1.807) is 0 Å². The highest BCUT2D eigenvalue weighted by atomic mass is 32.3. The van der Waals surface area contributed by atoms with Crippen molar-refractivity contribution in [2.24, 2.45) is 0 Å². The van der Waals surface area contributed by atoms with Crippen LogP contribution in [0.3, 0.4) is 0 Å². The molecule has 0 radical (unpaired) electrons. The lowest BCUT2D eigenvalue weighted by atomic mass is 10.1. The zero-order valence-corrected chi connectivity index (χ0v) is 12.5. The van der Waals surface area contributed by atoms with Crippen LogP contribution in [0.4, 0.5) is 3.89 Å². The van der Waals surface area contributed by atoms with Gasteiger partial charge in [0.1, 0.15) is 6.04 Å². The Morgan fingerprint density at radius 3 is 2.57 bits per heavy atom. The van der Waals surface area contributed by atoms with E-state index in [1.807, 2.05) is 0 Å². The molecule has 1 aliphatic heterocycles. The van der Waals surface area contributed by atoms with Gasteiger partial charge in [-0.05, 0) is 30.0 Å². The summed E-state index contributed by atoms with van der Waals surface area (Å²) in [4.78, 5) is 34.9. The number of fused-ring (bicyclic) bond motifs is 1. The molecule has 0 saturated carbocycles. The van der Waals surface area contributed by atoms with E-state index in [-0.39, 0.29) is 18.2 Å². The van der Waals surface area contributed by atoms with Gasteiger partial charge in [0.25, 0.3) is 5.56 Å². The number of carbonyl (C=O) groups is 2. The Kier molecular flexibility index (Phi) is 3.52. The van der Waals surface area contributed by atoms with Crippen LogP contribution >= 0.6 is 0 Å². The van der Waals surface area contributed by atoms with E-state index in [4.69, 9.17) is 0 Å². The molecule has 1 saturated heterocycles. The normalized spacial score (nSPS) is 18.9. The SMILES string of the molecule is O=C1CCC(n2ccc3ccc(S(=O)(=O)F)cc3c2=O)C(=O)N1. The minimum absolute atomic E-state index is 0.0177. The van der Waals surface area contributed by atoms with Gasteiger partial charge in [-0.2, -0.15) is 8.42 Å². The van der Waals surface area contributed by atoms with Crippen LogP contribution in [0.25, 0.3) is 10.8 Å². The highest BCUT2D eigenvalue weighted by Gasteiger charge is 2.29. The van der Waals surface area contributed by atoms with Gasteiger partial charge in [-0.3, -0.25) is 19.7 Å². The summed E-state index contributed by atoms with van der Waals surface area (Å²) in [5.41, 5.74) is -0.623. The molecule has 1 fully saturated rings. The van der Waals surface area contributed by atoms with E-state index >= 15 is 0 Å². The Morgan fingerprint density at radius 2 is 1.91 bits per heavy atom. The van der Waals surface area contributed by atoms with Gasteiger partial charge in [-0.25, -0.2) is 0 Å². The smallest absolute Gasteiger partial charge is 0.302 e. The minimum atomic E-state index is -4.94. The van der Waals surface area contributed by atoms with Gasteiger partial charge in [0, 0.05) is 18.0 Å². The Bertz CT molecular complexity index is 996. The van der Waals surface area contributed by atoms with Gasteiger partial charge in [-0.15, -0.1) is 3.89 Å². The molecule has 2 aromatic rings. The van der Waals surface area contributed by atoms with Crippen LogP contribution in [0, 0.1) is 0 Å². The molecule has 1 aromatic heterocycles. The van der Waals surface area contributed by atoms with Crippen LogP contribution in [0.15, 0.2) is 40.2 Å². The molecule has 7 nitrogen and oxygen atoms in total. The number of imide groups is 1. The van der Waals surface area contributed by atoms with Crippen molar-refractivity contribution >= 4 is 32.8 Å². The number of nitrogens with one attached hydrogen (secondary N) is 1. The lowest BCUT2D eigenvalue weighted by Crippen LogP contribution is -2.44. The van der Waals surface area contributed by atoms with E-state index in [0.717, 1.165) is 16.7 Å². The predicted molar refractivity (Wildman–Crippen MR) is 77.9 cm³/mol. The van der Waals surface area contributed by atoms with Crippen molar-refractivity contribution in [2.45, 2.75) is 23.8 Å². The molecule has 2 amide bonds. The molecule has 120 valence electrons. The van der Waals surface area contributed by atoms with Crippen molar-refractivity contribution in [3.8, 4) is 0 Å². The molecule has 0 bridgehead atoms. The second-order valence-corrected chi connectivity index (χ2v) is 6.53. The summed E-state index contributed by atoms with van der Waals surface area (Å²) in [5.74, 6) is -1.01. The van der Waals surface area contributed by atoms with Crippen molar-refractivity contribution in [1.82, 2.24) is 9.88 Å². The van der Waals surface area contributed by atoms with Gasteiger partial charge < -0.3 is 4.57 Å². The van der Waals surface area contributed by atoms with Crippen LogP contribution < -0.4 is 10.9 Å². The third kappa shape index (κ3) is 2.74. The molecular formula is C14H11FN2O5S. The molecule has 9 heteroatoms. The van der Waals surface area contributed by atoms with Crippen LogP contribution in [0.5, 0.6) is 0 Å². The molecule has 1 N–H and O–H groups in total. The standard InChI is InChI=1S/C14H11FN2O5S/c15-23(21,22)9-2-1-8-5-6-17(14(20)10(8)7-9)11-3-4-12(18)16-13(11)19/h1-2,5-7,11H,3-4H2,(H,16,18,19). The Labute approximate surface area is 129 Å². The maximum absolute atomic E-state index is 13.1. The Morgan fingerprint density at radius 1 is 1.17 bits per heavy atom. The Balaban J connectivity index is 2.16. The molecule has 23 heavy (non-hydrogen) atoms. The van der Waals surface area contributed by atoms with Crippen molar-refractivity contribution < 1.29 is 21.9 Å². The number of piperidine rings is 1. The first-order chi connectivity index (χ1) is 10.8. The fourth-order valence-corrected chi connectivity index (χ4v) is 3.07. The van der Waals surface area contributed by atoms with Crippen LogP contribution in [0.1, 0.15) is 18.9 Å². The van der Waals surface area contributed by atoms with Crippen molar-refractivity contribution in [3.05, 3.63) is 40.8 Å². The molecule has 1 atom stereocenters. The maximum atomic E-state index is 13.1. The molecule has 1 unspecified atom stereocenters. The predicted octanol–water partition coefficient (Wildman–Crippen LogP) is 0.637. The van der Waals surface area contributed by atoms with Gasteiger partial charge in [0.2, 0.25) is 11.8 Å². The number of hydrogen-bond acceptors (Lipinski definition) is 5. The monoisotopic (exact) mass is 338 g/mol. The van der Waals surface area contributed by atoms with Crippen LogP contribution in [0.2, 0.25) is 0 Å². The average molecular weight is 338 g/mol. The topological polar surface area (TPSA) is 102 Å².